The quantitative estimate of drug-likeness (QED) is 0.136. The maximum atomic E-state index is 11.2. The molecule has 4 aliphatic heterocycles. The minimum Gasteiger partial charge on any atom is -0.388 e. The van der Waals surface area contributed by atoms with Crippen LogP contribution in [0.15, 0.2) is 0 Å². The molecule has 4 fully saturated rings. The molecule has 0 aromatic heterocycles. The van der Waals surface area contributed by atoms with Gasteiger partial charge < -0.3 is 84.2 Å². The SMILES string of the molecule is C[C@H]1O[C@@H](O[C@@H]2[C@@H](O)[C@H](O[C@@H]3O[C@H](C)[C@H](O)[C@H](O)[C@H]3O[C@@H]3O[C@H](C)[C@@H](O)[C@H](O)[C@H]3O)[C@@H](C)O[C@H]2O)[C@H](O)[C@@H](O)[C@H]1O. The van der Waals surface area contributed by atoms with Crippen LogP contribution < -0.4 is 0 Å². The van der Waals surface area contributed by atoms with Crippen LogP contribution in [0.25, 0.3) is 0 Å². The summed E-state index contributed by atoms with van der Waals surface area (Å²) in [4.78, 5) is 0. The van der Waals surface area contributed by atoms with E-state index in [0.717, 1.165) is 0 Å². The van der Waals surface area contributed by atoms with E-state index in [1.54, 1.807) is 0 Å². The number of hydrogen-bond donors (Lipinski definition) is 10. The fourth-order valence-electron chi connectivity index (χ4n) is 5.32. The minimum absolute atomic E-state index is 0.967. The summed E-state index contributed by atoms with van der Waals surface area (Å²) in [7, 11) is 0. The second kappa shape index (κ2) is 13.1. The van der Waals surface area contributed by atoms with Crippen molar-refractivity contribution in [2.24, 2.45) is 0 Å². The lowest BCUT2D eigenvalue weighted by Gasteiger charge is -2.48. The zero-order valence-corrected chi connectivity index (χ0v) is 22.9. The van der Waals surface area contributed by atoms with Gasteiger partial charge in [0.25, 0.3) is 0 Å². The molecule has 240 valence electrons. The average molecular weight is 603 g/mol. The summed E-state index contributed by atoms with van der Waals surface area (Å²) in [6.07, 6.45) is -29.4. The van der Waals surface area contributed by atoms with Gasteiger partial charge in [-0.25, -0.2) is 0 Å². The highest BCUT2D eigenvalue weighted by Gasteiger charge is 2.54. The standard InChI is InChI=1S/C24H42O17/c1-5-9(25)12(28)15(31)22(36-5)40-19-17(33)18(8(4)35-21(19)34)39-24-20(14(30)11(27)7(3)38-24)41-23-16(32)13(29)10(26)6(2)37-23/h5-34H,1-4H3/t5-,6-,7-,8-,9+,10-,11+,12+,13+,14+,15-,16-,17+,18-,19-,20-,21-,22+,23+,24+/m1/s1. The number of hydrogen-bond acceptors (Lipinski definition) is 17. The van der Waals surface area contributed by atoms with Crippen molar-refractivity contribution in [2.45, 2.75) is 151 Å². The minimum atomic E-state index is -1.75. The van der Waals surface area contributed by atoms with Gasteiger partial charge in [-0.2, -0.15) is 0 Å². The molecule has 17 heteroatoms. The predicted octanol–water partition coefficient (Wildman–Crippen LogP) is -5.64. The summed E-state index contributed by atoms with van der Waals surface area (Å²) in [5.41, 5.74) is 0. The molecule has 41 heavy (non-hydrogen) atoms. The van der Waals surface area contributed by atoms with E-state index in [2.05, 4.69) is 0 Å². The smallest absolute Gasteiger partial charge is 0.187 e. The topological polar surface area (TPSA) is 267 Å². The van der Waals surface area contributed by atoms with Gasteiger partial charge >= 0.3 is 0 Å². The van der Waals surface area contributed by atoms with Crippen molar-refractivity contribution >= 4 is 0 Å². The van der Waals surface area contributed by atoms with Gasteiger partial charge in [0.05, 0.1) is 24.4 Å². The zero-order chi connectivity index (χ0) is 30.5. The van der Waals surface area contributed by atoms with E-state index in [0.29, 0.717) is 0 Å². The fourth-order valence-corrected chi connectivity index (χ4v) is 5.32. The molecule has 17 nitrogen and oxygen atoms in total. The molecule has 4 aliphatic rings. The molecule has 0 bridgehead atoms. The van der Waals surface area contributed by atoms with E-state index in [-0.39, 0.29) is 0 Å². The molecule has 0 aromatic carbocycles. The fraction of sp³-hybridized carbons (Fsp3) is 1.00. The number of ether oxygens (including phenoxy) is 7. The first-order chi connectivity index (χ1) is 19.1. The summed E-state index contributed by atoms with van der Waals surface area (Å²) >= 11 is 0. The van der Waals surface area contributed by atoms with Crippen LogP contribution in [-0.4, -0.2) is 174 Å². The molecular formula is C24H42O17. The Bertz CT molecular complexity index is 853. The second-order valence-electron chi connectivity index (χ2n) is 11.1. The summed E-state index contributed by atoms with van der Waals surface area (Å²) in [5, 5.41) is 104. The van der Waals surface area contributed by atoms with Crippen LogP contribution in [0.3, 0.4) is 0 Å². The Morgan fingerprint density at radius 2 is 0.732 bits per heavy atom. The van der Waals surface area contributed by atoms with Crippen molar-refractivity contribution in [1.82, 2.24) is 0 Å². The van der Waals surface area contributed by atoms with Crippen LogP contribution in [0.1, 0.15) is 27.7 Å². The highest BCUT2D eigenvalue weighted by molar-refractivity contribution is 4.96. The Hall–Kier alpha value is -0.680. The Balaban J connectivity index is 1.51. The Morgan fingerprint density at radius 3 is 1.22 bits per heavy atom. The summed E-state index contributed by atoms with van der Waals surface area (Å²) in [6.45, 7) is 5.72. The molecule has 0 radical (unpaired) electrons. The number of aliphatic hydroxyl groups excluding tert-OH is 10. The van der Waals surface area contributed by atoms with Crippen molar-refractivity contribution in [3.63, 3.8) is 0 Å². The molecule has 0 amide bonds. The van der Waals surface area contributed by atoms with E-state index < -0.39 is 123 Å². The number of aliphatic hydroxyl groups is 10. The lowest BCUT2D eigenvalue weighted by atomic mass is 9.96. The molecule has 4 heterocycles. The third-order valence-electron chi connectivity index (χ3n) is 8.05. The molecule has 0 unspecified atom stereocenters. The van der Waals surface area contributed by atoms with Gasteiger partial charge in [-0.1, -0.05) is 0 Å². The zero-order valence-electron chi connectivity index (χ0n) is 22.9. The lowest BCUT2D eigenvalue weighted by Crippen LogP contribution is -2.66. The Morgan fingerprint density at radius 1 is 0.341 bits per heavy atom. The van der Waals surface area contributed by atoms with Crippen molar-refractivity contribution in [2.75, 3.05) is 0 Å². The van der Waals surface area contributed by atoms with E-state index in [1.165, 1.54) is 27.7 Å². The number of rotatable bonds is 6. The van der Waals surface area contributed by atoms with Crippen molar-refractivity contribution in [1.29, 1.82) is 0 Å². The molecule has 0 saturated carbocycles. The van der Waals surface area contributed by atoms with Crippen LogP contribution in [0, 0.1) is 0 Å². The molecule has 0 spiro atoms. The van der Waals surface area contributed by atoms with Crippen LogP contribution in [0.2, 0.25) is 0 Å². The molecule has 0 aliphatic carbocycles. The normalized spacial score (nSPS) is 56.9. The Kier molecular flexibility index (Phi) is 10.6. The van der Waals surface area contributed by atoms with Gasteiger partial charge in [0.2, 0.25) is 0 Å². The van der Waals surface area contributed by atoms with Crippen molar-refractivity contribution in [3.05, 3.63) is 0 Å². The van der Waals surface area contributed by atoms with Gasteiger partial charge in [-0.3, -0.25) is 0 Å². The average Bonchev–Trinajstić information content (AvgIpc) is 2.92. The van der Waals surface area contributed by atoms with Gasteiger partial charge in [0.15, 0.2) is 25.2 Å². The maximum Gasteiger partial charge on any atom is 0.187 e. The molecular weight excluding hydrogens is 560 g/mol. The third-order valence-corrected chi connectivity index (χ3v) is 8.05. The van der Waals surface area contributed by atoms with Crippen LogP contribution in [0.5, 0.6) is 0 Å². The monoisotopic (exact) mass is 602 g/mol. The molecule has 0 aromatic rings. The summed E-state index contributed by atoms with van der Waals surface area (Å²) in [6, 6.07) is 0. The largest absolute Gasteiger partial charge is 0.388 e. The van der Waals surface area contributed by atoms with Gasteiger partial charge in [0.1, 0.15) is 73.2 Å². The molecule has 20 atom stereocenters. The first-order valence-electron chi connectivity index (χ1n) is 13.5. The first-order valence-corrected chi connectivity index (χ1v) is 13.5. The maximum absolute atomic E-state index is 11.2. The van der Waals surface area contributed by atoms with E-state index in [1.807, 2.05) is 0 Å². The van der Waals surface area contributed by atoms with Crippen LogP contribution in [0.4, 0.5) is 0 Å². The van der Waals surface area contributed by atoms with Crippen molar-refractivity contribution < 1.29 is 84.2 Å². The second-order valence-corrected chi connectivity index (χ2v) is 11.1. The lowest BCUT2D eigenvalue weighted by molar-refractivity contribution is -0.392. The summed E-state index contributed by atoms with van der Waals surface area (Å²) < 4.78 is 39.2. The van der Waals surface area contributed by atoms with E-state index in [9.17, 15) is 51.1 Å². The van der Waals surface area contributed by atoms with Gasteiger partial charge in [-0.15, -0.1) is 0 Å². The molecule has 4 rings (SSSR count). The van der Waals surface area contributed by atoms with Crippen LogP contribution >= 0.6 is 0 Å². The predicted molar refractivity (Wildman–Crippen MR) is 128 cm³/mol. The molecule has 10 N–H and O–H groups in total. The van der Waals surface area contributed by atoms with E-state index >= 15 is 0 Å². The highest BCUT2D eigenvalue weighted by Crippen LogP contribution is 2.34. The Labute approximate surface area is 235 Å². The first kappa shape index (κ1) is 33.2. The third kappa shape index (κ3) is 6.57. The van der Waals surface area contributed by atoms with Gasteiger partial charge in [0, 0.05) is 0 Å². The van der Waals surface area contributed by atoms with Crippen LogP contribution in [-0.2, 0) is 33.2 Å². The molecule has 4 saturated heterocycles. The summed E-state index contributed by atoms with van der Waals surface area (Å²) in [5.74, 6) is 0. The highest BCUT2D eigenvalue weighted by atomic mass is 16.8. The van der Waals surface area contributed by atoms with Gasteiger partial charge in [-0.05, 0) is 27.7 Å². The van der Waals surface area contributed by atoms with E-state index in [4.69, 9.17) is 33.2 Å². The van der Waals surface area contributed by atoms with Crippen molar-refractivity contribution in [3.8, 4) is 0 Å².